The number of piperazine rings is 1. The quantitative estimate of drug-likeness (QED) is 0.285. The molecule has 228 valence electrons. The van der Waals surface area contributed by atoms with Gasteiger partial charge in [-0.3, -0.25) is 19.4 Å². The maximum absolute atomic E-state index is 13.3. The van der Waals surface area contributed by atoms with Gasteiger partial charge in [0.2, 0.25) is 0 Å². The third-order valence-corrected chi connectivity index (χ3v) is 8.02. The molecule has 10 nitrogen and oxygen atoms in total. The minimum atomic E-state index is -0.287. The van der Waals surface area contributed by atoms with Gasteiger partial charge in [-0.2, -0.15) is 0 Å². The average molecular weight is 594 g/mol. The Labute approximate surface area is 257 Å². The lowest BCUT2D eigenvalue weighted by Gasteiger charge is -2.32. The monoisotopic (exact) mass is 593 g/mol. The molecule has 2 aromatic carbocycles. The van der Waals surface area contributed by atoms with Gasteiger partial charge in [-0.25, -0.2) is 4.98 Å². The van der Waals surface area contributed by atoms with Gasteiger partial charge in [0.05, 0.1) is 17.0 Å². The normalized spacial score (nSPS) is 13.5. The Morgan fingerprint density at radius 2 is 1.70 bits per heavy atom. The molecule has 0 bridgehead atoms. The van der Waals surface area contributed by atoms with Gasteiger partial charge in [0.1, 0.15) is 0 Å². The van der Waals surface area contributed by atoms with E-state index < -0.39 is 0 Å². The van der Waals surface area contributed by atoms with Crippen LogP contribution in [-0.4, -0.2) is 69.4 Å². The molecule has 0 atom stereocenters. The Morgan fingerprint density at radius 3 is 2.43 bits per heavy atom. The van der Waals surface area contributed by atoms with Gasteiger partial charge >= 0.3 is 0 Å². The minimum absolute atomic E-state index is 0.00356. The van der Waals surface area contributed by atoms with Crippen LogP contribution in [0.4, 0.5) is 17.2 Å². The molecule has 2 amide bonds. The Morgan fingerprint density at radius 1 is 0.955 bits per heavy atom. The van der Waals surface area contributed by atoms with E-state index in [1.54, 1.807) is 55.8 Å². The van der Waals surface area contributed by atoms with E-state index in [1.807, 2.05) is 30.0 Å². The van der Waals surface area contributed by atoms with Crippen molar-refractivity contribution in [2.45, 2.75) is 33.1 Å². The summed E-state index contributed by atoms with van der Waals surface area (Å²) in [6.45, 7) is 7.15. The van der Waals surface area contributed by atoms with Crippen molar-refractivity contribution >= 4 is 29.0 Å². The zero-order chi connectivity index (χ0) is 31.2. The number of unbranched alkanes of at least 4 members (excludes halogenated alkanes) is 1. The molecular weight excluding hydrogens is 554 g/mol. The summed E-state index contributed by atoms with van der Waals surface area (Å²) in [5.41, 5.74) is 5.16. The number of aromatic nitrogens is 3. The topological polar surface area (TPSA) is 112 Å². The van der Waals surface area contributed by atoms with Crippen molar-refractivity contribution in [3.63, 3.8) is 0 Å². The maximum atomic E-state index is 13.3. The number of hydrogen-bond acceptors (Lipinski definition) is 7. The van der Waals surface area contributed by atoms with Crippen LogP contribution in [0.15, 0.2) is 71.8 Å². The van der Waals surface area contributed by atoms with Gasteiger partial charge in [-0.05, 0) is 74.8 Å². The summed E-state index contributed by atoms with van der Waals surface area (Å²) in [6.07, 6.45) is 6.12. The van der Waals surface area contributed by atoms with Crippen LogP contribution in [0.1, 0.15) is 51.7 Å². The van der Waals surface area contributed by atoms with Crippen molar-refractivity contribution in [1.29, 1.82) is 0 Å². The molecule has 0 aliphatic carbocycles. The minimum Gasteiger partial charge on any atom is -0.336 e. The molecule has 0 radical (unpaired) electrons. The highest BCUT2D eigenvalue weighted by molar-refractivity contribution is 6.05. The van der Waals surface area contributed by atoms with Crippen LogP contribution in [0.3, 0.4) is 0 Å². The fourth-order valence-corrected chi connectivity index (χ4v) is 5.27. The number of likely N-dealkylation sites (N-methyl/N-ethyl adjacent to an activating group) is 1. The van der Waals surface area contributed by atoms with Crippen LogP contribution < -0.4 is 16.2 Å². The van der Waals surface area contributed by atoms with E-state index >= 15 is 0 Å². The Bertz CT molecular complexity index is 1710. The van der Waals surface area contributed by atoms with E-state index in [0.29, 0.717) is 41.3 Å². The van der Waals surface area contributed by atoms with Gasteiger partial charge in [0, 0.05) is 68.1 Å². The van der Waals surface area contributed by atoms with E-state index in [1.165, 1.54) is 4.57 Å². The largest absolute Gasteiger partial charge is 0.336 e. The third-order valence-electron chi connectivity index (χ3n) is 8.02. The fraction of sp³-hybridized carbons (Fsp3) is 0.324. The number of pyridine rings is 1. The lowest BCUT2D eigenvalue weighted by atomic mass is 10.0. The molecule has 0 unspecified atom stereocenters. The summed E-state index contributed by atoms with van der Waals surface area (Å²) in [7, 11) is 3.73. The highest BCUT2D eigenvalue weighted by atomic mass is 16.2. The van der Waals surface area contributed by atoms with E-state index in [-0.39, 0.29) is 23.2 Å². The molecule has 1 aliphatic heterocycles. The number of amides is 2. The first-order chi connectivity index (χ1) is 21.2. The zero-order valence-electron chi connectivity index (χ0n) is 25.8. The zero-order valence-corrected chi connectivity index (χ0v) is 25.8. The van der Waals surface area contributed by atoms with Crippen LogP contribution in [0.5, 0.6) is 0 Å². The fourth-order valence-electron chi connectivity index (χ4n) is 5.27. The molecule has 2 aromatic heterocycles. The first-order valence-corrected chi connectivity index (χ1v) is 15.0. The summed E-state index contributed by atoms with van der Waals surface area (Å²) in [5.74, 6) is -0.0495. The van der Waals surface area contributed by atoms with Gasteiger partial charge in [-0.1, -0.05) is 25.5 Å². The Balaban J connectivity index is 1.36. The van der Waals surface area contributed by atoms with Gasteiger partial charge < -0.3 is 25.0 Å². The summed E-state index contributed by atoms with van der Waals surface area (Å²) >= 11 is 0. The highest BCUT2D eigenvalue weighted by Gasteiger charge is 2.21. The van der Waals surface area contributed by atoms with Crippen LogP contribution in [0, 0.1) is 6.92 Å². The van der Waals surface area contributed by atoms with Gasteiger partial charge in [-0.15, -0.1) is 0 Å². The molecule has 5 rings (SSSR count). The van der Waals surface area contributed by atoms with Crippen LogP contribution >= 0.6 is 0 Å². The smallest absolute Gasteiger partial charge is 0.293 e. The van der Waals surface area contributed by atoms with Gasteiger partial charge in [0.15, 0.2) is 5.82 Å². The molecular formula is C34H39N7O3. The second-order valence-electron chi connectivity index (χ2n) is 11.2. The van der Waals surface area contributed by atoms with Crippen molar-refractivity contribution in [2.24, 2.45) is 7.05 Å². The van der Waals surface area contributed by atoms with Gasteiger partial charge in [0.25, 0.3) is 17.4 Å². The first-order valence-electron chi connectivity index (χ1n) is 15.0. The summed E-state index contributed by atoms with van der Waals surface area (Å²) in [4.78, 5) is 52.4. The maximum Gasteiger partial charge on any atom is 0.293 e. The number of hydrogen-bond donors (Lipinski definition) is 2. The molecule has 1 aliphatic rings. The van der Waals surface area contributed by atoms with E-state index in [2.05, 4.69) is 39.5 Å². The third kappa shape index (κ3) is 6.86. The lowest BCUT2D eigenvalue weighted by Crippen LogP contribution is -2.47. The molecule has 0 spiro atoms. The first kappa shape index (κ1) is 30.6. The number of aryl methyl sites for hydroxylation is 2. The Kier molecular flexibility index (Phi) is 9.50. The molecule has 1 fully saturated rings. The number of anilines is 3. The molecule has 2 N–H and O–H groups in total. The van der Waals surface area contributed by atoms with Crippen LogP contribution in [0.2, 0.25) is 0 Å². The van der Waals surface area contributed by atoms with Crippen molar-refractivity contribution in [2.75, 3.05) is 43.9 Å². The van der Waals surface area contributed by atoms with E-state index in [9.17, 15) is 14.4 Å². The second kappa shape index (κ2) is 13.6. The average Bonchev–Trinajstić information content (AvgIpc) is 3.03. The summed E-state index contributed by atoms with van der Waals surface area (Å²) in [5, 5.41) is 6.18. The summed E-state index contributed by atoms with van der Waals surface area (Å²) < 4.78 is 1.48. The SMILES string of the molecule is CCCCc1ncccc1C(=O)Nc1cccc(-c2cn(C)c(=O)c(Nc3ccc(C(=O)N4CCN(C)CC4)cc3)n2)c1C. The number of nitrogens with zero attached hydrogens (tertiary/aromatic N) is 5. The number of nitrogens with one attached hydrogen (secondary N) is 2. The van der Waals surface area contributed by atoms with Crippen LogP contribution in [-0.2, 0) is 13.5 Å². The van der Waals surface area contributed by atoms with Crippen molar-refractivity contribution in [3.05, 3.63) is 99.7 Å². The van der Waals surface area contributed by atoms with Crippen molar-refractivity contribution in [1.82, 2.24) is 24.3 Å². The number of carbonyl (C=O) groups excluding carboxylic acids is 2. The molecule has 44 heavy (non-hydrogen) atoms. The standard InChI is InChI=1S/C34H39N7O3/c1-5-6-11-29-27(10-8-17-35-29)32(42)38-28-12-7-9-26(23(28)2)30-22-40(4)34(44)31(37-30)36-25-15-13-24(14-16-25)33(43)41-20-18-39(3)19-21-41/h7-10,12-17,22H,5-6,11,18-21H2,1-4H3,(H,36,37)(H,38,42). The highest BCUT2D eigenvalue weighted by Crippen LogP contribution is 2.28. The van der Waals surface area contributed by atoms with E-state index in [0.717, 1.165) is 49.2 Å². The van der Waals surface area contributed by atoms with E-state index in [4.69, 9.17) is 0 Å². The van der Waals surface area contributed by atoms with Crippen molar-refractivity contribution in [3.8, 4) is 11.3 Å². The molecule has 4 aromatic rings. The lowest BCUT2D eigenvalue weighted by molar-refractivity contribution is 0.0664. The molecule has 10 heteroatoms. The number of benzene rings is 2. The molecule has 3 heterocycles. The Hall–Kier alpha value is -4.83. The van der Waals surface area contributed by atoms with Crippen molar-refractivity contribution < 1.29 is 9.59 Å². The van der Waals surface area contributed by atoms with Crippen LogP contribution in [0.25, 0.3) is 11.3 Å². The summed E-state index contributed by atoms with van der Waals surface area (Å²) in [6, 6.07) is 16.3. The predicted octanol–water partition coefficient (Wildman–Crippen LogP) is 4.88. The molecule has 0 saturated carbocycles. The number of carbonyl (C=O) groups is 2. The predicted molar refractivity (Wildman–Crippen MR) is 174 cm³/mol. The molecule has 1 saturated heterocycles. The second-order valence-corrected chi connectivity index (χ2v) is 11.2. The number of rotatable bonds is 9.